The standard InChI is InChI=1S/C30H42N4O4S/c1-20(2)18-33(30(37)27-11-6-12-39-27)24-15-26(28(35)32-17-22-8-4-7-21(13-22)16-31)34(19-24)29(36)23-9-5-10-25(14-23)38-3/h5-6,9-12,14,20-22,24,26H,4,7-8,13,15-19,31H2,1-3H3,(H,32,35). The average molecular weight is 555 g/mol. The molecule has 3 amide bonds. The maximum absolute atomic E-state index is 13.8. The first kappa shape index (κ1) is 29.1. The maximum atomic E-state index is 13.8. The van der Waals surface area contributed by atoms with E-state index in [2.05, 4.69) is 19.2 Å². The molecule has 2 aliphatic rings. The highest BCUT2D eigenvalue weighted by molar-refractivity contribution is 7.12. The second kappa shape index (κ2) is 13.4. The van der Waals surface area contributed by atoms with Gasteiger partial charge in [0.15, 0.2) is 0 Å². The van der Waals surface area contributed by atoms with E-state index in [-0.39, 0.29) is 29.7 Å². The highest BCUT2D eigenvalue weighted by Gasteiger charge is 2.43. The Hall–Kier alpha value is -2.91. The summed E-state index contributed by atoms with van der Waals surface area (Å²) in [4.78, 5) is 45.1. The summed E-state index contributed by atoms with van der Waals surface area (Å²) in [5.74, 6) is 1.30. The quantitative estimate of drug-likeness (QED) is 0.462. The van der Waals surface area contributed by atoms with Gasteiger partial charge in [-0.2, -0.15) is 0 Å². The Morgan fingerprint density at radius 3 is 2.64 bits per heavy atom. The van der Waals surface area contributed by atoms with E-state index in [1.54, 1.807) is 36.3 Å². The topological polar surface area (TPSA) is 105 Å². The van der Waals surface area contributed by atoms with Crippen molar-refractivity contribution < 1.29 is 19.1 Å². The molecule has 1 aromatic carbocycles. The Bertz CT molecular complexity index is 1120. The summed E-state index contributed by atoms with van der Waals surface area (Å²) in [7, 11) is 1.56. The summed E-state index contributed by atoms with van der Waals surface area (Å²) < 4.78 is 5.33. The number of methoxy groups -OCH3 is 1. The van der Waals surface area contributed by atoms with Crippen LogP contribution in [0.4, 0.5) is 0 Å². The summed E-state index contributed by atoms with van der Waals surface area (Å²) in [5.41, 5.74) is 6.38. The minimum Gasteiger partial charge on any atom is -0.497 e. The lowest BCUT2D eigenvalue weighted by atomic mass is 9.81. The van der Waals surface area contributed by atoms with Crippen LogP contribution >= 0.6 is 11.3 Å². The maximum Gasteiger partial charge on any atom is 0.264 e. The van der Waals surface area contributed by atoms with Crippen molar-refractivity contribution >= 4 is 29.1 Å². The number of rotatable bonds is 10. The lowest BCUT2D eigenvalue weighted by Gasteiger charge is -2.30. The van der Waals surface area contributed by atoms with Crippen LogP contribution in [0.25, 0.3) is 0 Å². The van der Waals surface area contributed by atoms with Crippen molar-refractivity contribution in [1.29, 1.82) is 0 Å². The third-order valence-electron chi connectivity index (χ3n) is 7.94. The van der Waals surface area contributed by atoms with Gasteiger partial charge in [-0.25, -0.2) is 0 Å². The van der Waals surface area contributed by atoms with Gasteiger partial charge in [0.2, 0.25) is 5.91 Å². The van der Waals surface area contributed by atoms with E-state index in [4.69, 9.17) is 10.5 Å². The van der Waals surface area contributed by atoms with Crippen LogP contribution in [0.3, 0.4) is 0 Å². The zero-order chi connectivity index (χ0) is 27.9. The monoisotopic (exact) mass is 554 g/mol. The molecular weight excluding hydrogens is 512 g/mol. The van der Waals surface area contributed by atoms with E-state index in [1.807, 2.05) is 22.4 Å². The largest absolute Gasteiger partial charge is 0.497 e. The van der Waals surface area contributed by atoms with E-state index < -0.39 is 6.04 Å². The molecule has 1 aliphatic carbocycles. The van der Waals surface area contributed by atoms with Crippen LogP contribution < -0.4 is 15.8 Å². The van der Waals surface area contributed by atoms with Gasteiger partial charge in [-0.15, -0.1) is 11.3 Å². The number of nitrogens with zero attached hydrogens (tertiary/aromatic N) is 2. The fourth-order valence-electron chi connectivity index (χ4n) is 5.93. The number of benzene rings is 1. The van der Waals surface area contributed by atoms with Gasteiger partial charge in [0.25, 0.3) is 11.8 Å². The van der Waals surface area contributed by atoms with Crippen molar-refractivity contribution in [3.63, 3.8) is 0 Å². The van der Waals surface area contributed by atoms with Gasteiger partial charge in [-0.05, 0) is 79.6 Å². The minimum atomic E-state index is -0.659. The van der Waals surface area contributed by atoms with E-state index in [0.717, 1.165) is 25.7 Å². The fourth-order valence-corrected chi connectivity index (χ4v) is 6.61. The highest BCUT2D eigenvalue weighted by atomic mass is 32.1. The number of nitrogens with two attached hydrogens (primary N) is 1. The molecule has 212 valence electrons. The highest BCUT2D eigenvalue weighted by Crippen LogP contribution is 2.30. The summed E-state index contributed by atoms with van der Waals surface area (Å²) in [6, 6.07) is 9.78. The molecule has 1 aliphatic heterocycles. The number of carbonyl (C=O) groups is 3. The van der Waals surface area contributed by atoms with Crippen LogP contribution in [0.2, 0.25) is 0 Å². The number of nitrogens with one attached hydrogen (secondary N) is 1. The van der Waals surface area contributed by atoms with Crippen molar-refractivity contribution in [1.82, 2.24) is 15.1 Å². The molecule has 3 N–H and O–H groups in total. The van der Waals surface area contributed by atoms with Gasteiger partial charge in [-0.1, -0.05) is 32.4 Å². The molecule has 0 radical (unpaired) electrons. The number of hydrogen-bond acceptors (Lipinski definition) is 6. The van der Waals surface area contributed by atoms with Crippen LogP contribution in [-0.4, -0.2) is 72.9 Å². The molecule has 2 aromatic rings. The normalized spacial score (nSPS) is 23.1. The summed E-state index contributed by atoms with van der Waals surface area (Å²) in [6.45, 7) is 6.27. The smallest absolute Gasteiger partial charge is 0.264 e. The first-order valence-corrected chi connectivity index (χ1v) is 15.0. The molecule has 1 saturated carbocycles. The molecule has 4 unspecified atom stereocenters. The lowest BCUT2D eigenvalue weighted by molar-refractivity contribution is -0.125. The van der Waals surface area contributed by atoms with E-state index >= 15 is 0 Å². The zero-order valence-corrected chi connectivity index (χ0v) is 24.1. The Morgan fingerprint density at radius 2 is 1.95 bits per heavy atom. The average Bonchev–Trinajstić information content (AvgIpc) is 3.65. The molecule has 4 rings (SSSR count). The molecule has 1 saturated heterocycles. The molecule has 2 fully saturated rings. The fraction of sp³-hybridized carbons (Fsp3) is 0.567. The molecule has 1 aromatic heterocycles. The van der Waals surface area contributed by atoms with Crippen LogP contribution in [-0.2, 0) is 4.79 Å². The summed E-state index contributed by atoms with van der Waals surface area (Å²) in [5, 5.41) is 5.05. The zero-order valence-electron chi connectivity index (χ0n) is 23.3. The van der Waals surface area contributed by atoms with Crippen LogP contribution in [0.1, 0.15) is 66.0 Å². The van der Waals surface area contributed by atoms with E-state index in [9.17, 15) is 14.4 Å². The Morgan fingerprint density at radius 1 is 1.15 bits per heavy atom. The number of hydrogen-bond donors (Lipinski definition) is 2. The predicted molar refractivity (Wildman–Crippen MR) is 154 cm³/mol. The number of carbonyl (C=O) groups excluding carboxylic acids is 3. The Labute approximate surface area is 235 Å². The third-order valence-corrected chi connectivity index (χ3v) is 8.80. The number of ether oxygens (including phenoxy) is 1. The van der Waals surface area contributed by atoms with Crippen molar-refractivity contribution in [2.75, 3.05) is 33.3 Å². The van der Waals surface area contributed by atoms with Gasteiger partial charge in [0, 0.05) is 25.2 Å². The number of amides is 3. The van der Waals surface area contributed by atoms with Crippen LogP contribution in [0.15, 0.2) is 41.8 Å². The van der Waals surface area contributed by atoms with Gasteiger partial charge >= 0.3 is 0 Å². The molecule has 8 nitrogen and oxygen atoms in total. The molecule has 9 heteroatoms. The molecule has 0 spiro atoms. The van der Waals surface area contributed by atoms with Gasteiger partial charge in [0.05, 0.1) is 18.0 Å². The van der Waals surface area contributed by atoms with E-state index in [1.165, 1.54) is 11.3 Å². The van der Waals surface area contributed by atoms with Crippen LogP contribution in [0.5, 0.6) is 5.75 Å². The Balaban J connectivity index is 1.56. The number of likely N-dealkylation sites (tertiary alicyclic amines) is 1. The predicted octanol–water partition coefficient (Wildman–Crippen LogP) is 4.02. The first-order chi connectivity index (χ1) is 18.8. The Kier molecular flexibility index (Phi) is 10.0. The van der Waals surface area contributed by atoms with Crippen LogP contribution in [0, 0.1) is 17.8 Å². The molecule has 39 heavy (non-hydrogen) atoms. The van der Waals surface area contributed by atoms with Crippen molar-refractivity contribution in [2.24, 2.45) is 23.5 Å². The SMILES string of the molecule is COc1cccc(C(=O)N2CC(N(CC(C)C)C(=O)c3cccs3)CC2C(=O)NCC2CCCC(CN)C2)c1. The molecule has 0 bridgehead atoms. The van der Waals surface area contributed by atoms with E-state index in [0.29, 0.717) is 60.6 Å². The molecule has 2 heterocycles. The van der Waals surface area contributed by atoms with Crippen molar-refractivity contribution in [3.8, 4) is 5.75 Å². The van der Waals surface area contributed by atoms with Crippen molar-refractivity contribution in [2.45, 2.75) is 58.0 Å². The van der Waals surface area contributed by atoms with Gasteiger partial charge in [0.1, 0.15) is 11.8 Å². The second-order valence-corrected chi connectivity index (χ2v) is 12.3. The summed E-state index contributed by atoms with van der Waals surface area (Å²) >= 11 is 1.41. The third kappa shape index (κ3) is 7.19. The van der Waals surface area contributed by atoms with Gasteiger partial charge in [-0.3, -0.25) is 14.4 Å². The lowest BCUT2D eigenvalue weighted by Crippen LogP contribution is -2.47. The second-order valence-electron chi connectivity index (χ2n) is 11.3. The molecule has 4 atom stereocenters. The first-order valence-electron chi connectivity index (χ1n) is 14.1. The van der Waals surface area contributed by atoms with Crippen molar-refractivity contribution in [3.05, 3.63) is 52.2 Å². The summed E-state index contributed by atoms with van der Waals surface area (Å²) in [6.07, 6.45) is 4.78. The van der Waals surface area contributed by atoms with Gasteiger partial charge < -0.3 is 25.6 Å². The number of thiophene rings is 1. The molecular formula is C30H42N4O4S. The minimum absolute atomic E-state index is 0.0476.